The minimum absolute atomic E-state index is 0. The number of fused-ring (bicyclic) bond motifs is 1. The summed E-state index contributed by atoms with van der Waals surface area (Å²) >= 11 is 2.25. The van der Waals surface area contributed by atoms with E-state index in [0.29, 0.717) is 15.0 Å². The second kappa shape index (κ2) is 5.24. The highest BCUT2D eigenvalue weighted by atomic mass is 35.5. The van der Waals surface area contributed by atoms with E-state index in [0.717, 1.165) is 0 Å². The zero-order chi connectivity index (χ0) is 10.1. The summed E-state index contributed by atoms with van der Waals surface area (Å²) in [5, 5.41) is 0. The Balaban J connectivity index is 0.000000963. The van der Waals surface area contributed by atoms with Crippen LogP contribution in [0.25, 0.3) is 0 Å². The van der Waals surface area contributed by atoms with Crippen LogP contribution in [0.4, 0.5) is 0 Å². The van der Waals surface area contributed by atoms with Crippen LogP contribution in [0.1, 0.15) is 24.8 Å². The first-order valence-electron chi connectivity index (χ1n) is 5.79. The lowest BCUT2D eigenvalue weighted by atomic mass is 10.1. The zero-order valence-corrected chi connectivity index (χ0v) is 11.7. The number of hydrogen-bond acceptors (Lipinski definition) is 1. The molecule has 2 saturated heterocycles. The van der Waals surface area contributed by atoms with Crippen LogP contribution in [0.15, 0.2) is 30.3 Å². The topological polar surface area (TPSA) is 0 Å². The molecule has 88 valence electrons. The van der Waals surface area contributed by atoms with Gasteiger partial charge in [0.15, 0.2) is 4.08 Å². The quantitative estimate of drug-likeness (QED) is 0.667. The molecule has 0 aromatic heterocycles. The van der Waals surface area contributed by atoms with E-state index < -0.39 is 0 Å². The first kappa shape index (κ1) is 12.7. The van der Waals surface area contributed by atoms with Crippen LogP contribution in [0.2, 0.25) is 0 Å². The molecular formula is C13H17ClS2. The van der Waals surface area contributed by atoms with E-state index in [1.165, 1.54) is 36.5 Å². The Morgan fingerprint density at radius 1 is 1.06 bits per heavy atom. The van der Waals surface area contributed by atoms with E-state index in [4.69, 9.17) is 0 Å². The molecule has 1 aromatic carbocycles. The fourth-order valence-corrected chi connectivity index (χ4v) is 8.33. The Bertz CT molecular complexity index is 341. The van der Waals surface area contributed by atoms with Crippen LogP contribution in [0, 0.1) is 0 Å². The molecule has 2 unspecified atom stereocenters. The minimum Gasteiger partial charge on any atom is -1.00 e. The van der Waals surface area contributed by atoms with Gasteiger partial charge >= 0.3 is 0 Å². The van der Waals surface area contributed by atoms with E-state index in [9.17, 15) is 0 Å². The predicted octanol–water partition coefficient (Wildman–Crippen LogP) is 0.392. The molecule has 0 saturated carbocycles. The molecule has 0 amide bonds. The van der Waals surface area contributed by atoms with Crippen LogP contribution in [-0.2, 0) is 15.0 Å². The first-order valence-corrected chi connectivity index (χ1v) is 8.34. The van der Waals surface area contributed by atoms with E-state index >= 15 is 0 Å². The van der Waals surface area contributed by atoms with Crippen LogP contribution >= 0.6 is 11.8 Å². The molecule has 0 spiro atoms. The molecule has 2 heterocycles. The maximum absolute atomic E-state index is 2.35. The third kappa shape index (κ3) is 2.00. The Labute approximate surface area is 111 Å². The average Bonchev–Trinajstić information content (AvgIpc) is 2.75. The van der Waals surface area contributed by atoms with Gasteiger partial charge in [-0.15, -0.1) is 0 Å². The summed E-state index contributed by atoms with van der Waals surface area (Å²) in [6.45, 7) is 0. The Kier molecular flexibility index (Phi) is 4.15. The predicted molar refractivity (Wildman–Crippen MR) is 71.5 cm³/mol. The fraction of sp³-hybridized carbons (Fsp3) is 0.538. The summed E-state index contributed by atoms with van der Waals surface area (Å²) < 4.78 is 0.527. The second-order valence-electron chi connectivity index (χ2n) is 4.33. The van der Waals surface area contributed by atoms with Crippen molar-refractivity contribution in [2.75, 3.05) is 17.3 Å². The lowest BCUT2D eigenvalue weighted by Gasteiger charge is -2.31. The highest BCUT2D eigenvalue weighted by Crippen LogP contribution is 2.54. The summed E-state index contributed by atoms with van der Waals surface area (Å²) in [6, 6.07) is 11.3. The van der Waals surface area contributed by atoms with Crippen molar-refractivity contribution in [2.45, 2.75) is 23.3 Å². The summed E-state index contributed by atoms with van der Waals surface area (Å²) in [5.41, 5.74) is 1.61. The molecule has 16 heavy (non-hydrogen) atoms. The van der Waals surface area contributed by atoms with Gasteiger partial charge in [0.25, 0.3) is 0 Å². The Hall–Kier alpha value is 0.210. The van der Waals surface area contributed by atoms with Crippen molar-refractivity contribution in [3.8, 4) is 0 Å². The van der Waals surface area contributed by atoms with Gasteiger partial charge < -0.3 is 12.4 Å². The largest absolute Gasteiger partial charge is 1.00 e. The van der Waals surface area contributed by atoms with Gasteiger partial charge in [0, 0.05) is 35.1 Å². The molecule has 0 aliphatic carbocycles. The third-order valence-electron chi connectivity index (χ3n) is 3.45. The normalized spacial score (nSPS) is 32.9. The van der Waals surface area contributed by atoms with Gasteiger partial charge in [0.1, 0.15) is 11.5 Å². The molecule has 0 nitrogen and oxygen atoms in total. The lowest BCUT2D eigenvalue weighted by Crippen LogP contribution is -3.00. The standard InChI is InChI=1S/C13H17S2.ClH/c1-2-6-12(7-3-1)13-8-4-10-15(13)11-5-9-14-13;/h1-3,6-7H,4-5,8-11H2;1H/q+1;/p-1. The summed E-state index contributed by atoms with van der Waals surface area (Å²) in [5.74, 6) is 4.35. The van der Waals surface area contributed by atoms with E-state index in [2.05, 4.69) is 42.1 Å². The third-order valence-corrected chi connectivity index (χ3v) is 8.84. The molecule has 2 fully saturated rings. The molecule has 2 atom stereocenters. The number of thioether (sulfide) groups is 1. The lowest BCUT2D eigenvalue weighted by molar-refractivity contribution is -0.00000291. The van der Waals surface area contributed by atoms with Crippen LogP contribution in [-0.4, -0.2) is 17.3 Å². The monoisotopic (exact) mass is 272 g/mol. The van der Waals surface area contributed by atoms with Crippen molar-refractivity contribution in [1.29, 1.82) is 0 Å². The maximum atomic E-state index is 2.35. The van der Waals surface area contributed by atoms with E-state index in [1.807, 2.05) is 0 Å². The molecule has 0 N–H and O–H groups in total. The first-order chi connectivity index (χ1) is 7.42. The van der Waals surface area contributed by atoms with E-state index in [1.54, 1.807) is 5.56 Å². The Morgan fingerprint density at radius 2 is 1.81 bits per heavy atom. The van der Waals surface area contributed by atoms with Crippen molar-refractivity contribution < 1.29 is 12.4 Å². The highest BCUT2D eigenvalue weighted by molar-refractivity contribution is 8.16. The molecule has 0 bridgehead atoms. The number of hydrogen-bond donors (Lipinski definition) is 0. The van der Waals surface area contributed by atoms with Crippen molar-refractivity contribution in [3.63, 3.8) is 0 Å². The molecule has 2 aliphatic heterocycles. The molecule has 1 aromatic rings. The van der Waals surface area contributed by atoms with Gasteiger partial charge in [-0.3, -0.25) is 0 Å². The molecule has 2 aliphatic rings. The van der Waals surface area contributed by atoms with Gasteiger partial charge in [0.05, 0.1) is 0 Å². The van der Waals surface area contributed by atoms with Crippen LogP contribution in [0.5, 0.6) is 0 Å². The SMILES string of the molecule is [Cl-].c1ccc(C23CCC[S+]2CCCS3)cc1. The molecule has 3 heteroatoms. The van der Waals surface area contributed by atoms with Gasteiger partial charge in [-0.2, -0.15) is 0 Å². The van der Waals surface area contributed by atoms with Crippen molar-refractivity contribution in [3.05, 3.63) is 35.9 Å². The summed E-state index contributed by atoms with van der Waals surface area (Å²) in [7, 11) is 0.668. The number of halogens is 1. The second-order valence-corrected chi connectivity index (χ2v) is 8.48. The average molecular weight is 273 g/mol. The summed E-state index contributed by atoms with van der Waals surface area (Å²) in [6.07, 6.45) is 4.32. The number of rotatable bonds is 1. The van der Waals surface area contributed by atoms with Crippen molar-refractivity contribution in [1.82, 2.24) is 0 Å². The molecule has 0 radical (unpaired) electrons. The number of benzene rings is 1. The van der Waals surface area contributed by atoms with Gasteiger partial charge in [-0.05, 0) is 6.42 Å². The van der Waals surface area contributed by atoms with Crippen LogP contribution in [0.3, 0.4) is 0 Å². The molecular weight excluding hydrogens is 256 g/mol. The van der Waals surface area contributed by atoms with E-state index in [-0.39, 0.29) is 12.4 Å². The van der Waals surface area contributed by atoms with Gasteiger partial charge in [-0.25, -0.2) is 0 Å². The minimum atomic E-state index is 0. The maximum Gasteiger partial charge on any atom is 0.198 e. The van der Waals surface area contributed by atoms with Crippen LogP contribution < -0.4 is 12.4 Å². The van der Waals surface area contributed by atoms with Gasteiger partial charge in [0.2, 0.25) is 0 Å². The molecule has 3 rings (SSSR count). The Morgan fingerprint density at radius 3 is 2.62 bits per heavy atom. The van der Waals surface area contributed by atoms with Gasteiger partial charge in [-0.1, -0.05) is 42.1 Å². The highest BCUT2D eigenvalue weighted by Gasteiger charge is 2.54. The zero-order valence-electron chi connectivity index (χ0n) is 9.32. The smallest absolute Gasteiger partial charge is 0.198 e. The fourth-order valence-electron chi connectivity index (χ4n) is 2.77. The van der Waals surface area contributed by atoms with Crippen molar-refractivity contribution >= 4 is 22.7 Å². The van der Waals surface area contributed by atoms with Crippen molar-refractivity contribution in [2.24, 2.45) is 0 Å². The summed E-state index contributed by atoms with van der Waals surface area (Å²) in [4.78, 5) is 0.